The number of nitrogens with zero attached hydrogens (tertiary/aromatic N) is 3. The molecular formula is C25H42N4O4. The van der Waals surface area contributed by atoms with Crippen molar-refractivity contribution >= 4 is 12.2 Å². The van der Waals surface area contributed by atoms with Gasteiger partial charge in [-0.05, 0) is 66.5 Å². The molecule has 2 fully saturated rings. The molecule has 3 rings (SSSR count). The van der Waals surface area contributed by atoms with Crippen molar-refractivity contribution in [2.75, 3.05) is 26.2 Å². The molecular weight excluding hydrogens is 420 g/mol. The van der Waals surface area contributed by atoms with Gasteiger partial charge in [0.15, 0.2) is 0 Å². The first kappa shape index (κ1) is 26.9. The normalized spacial score (nSPS) is 21.3. The van der Waals surface area contributed by atoms with Crippen molar-refractivity contribution in [2.45, 2.75) is 84.1 Å². The minimum absolute atomic E-state index is 0.0937. The summed E-state index contributed by atoms with van der Waals surface area (Å²) in [6.45, 7) is 16.0. The maximum absolute atomic E-state index is 11.5. The number of hydrogen-bond acceptors (Lipinski definition) is 4. The number of benzene rings is 1. The molecule has 0 saturated carbocycles. The summed E-state index contributed by atoms with van der Waals surface area (Å²) in [4.78, 5) is 28.0. The van der Waals surface area contributed by atoms with Crippen LogP contribution >= 0.6 is 0 Å². The zero-order chi connectivity index (χ0) is 24.8. The molecule has 3 N–H and O–H groups in total. The van der Waals surface area contributed by atoms with E-state index in [1.165, 1.54) is 5.56 Å². The quantitative estimate of drug-likeness (QED) is 0.622. The summed E-state index contributed by atoms with van der Waals surface area (Å²) >= 11 is 0. The SMILES string of the molecule is CC(C)(C)N(C(=O)O)C1CCN(Cc2ccccc2)C1.CC(C)(C)N(C(=O)O)C1CCNC1. The Bertz CT molecular complexity index is 767. The molecule has 2 unspecified atom stereocenters. The molecule has 186 valence electrons. The Labute approximate surface area is 198 Å². The van der Waals surface area contributed by atoms with Gasteiger partial charge in [-0.15, -0.1) is 0 Å². The molecule has 0 aliphatic carbocycles. The van der Waals surface area contributed by atoms with E-state index in [1.807, 2.05) is 59.7 Å². The fourth-order valence-corrected chi connectivity index (χ4v) is 4.85. The van der Waals surface area contributed by atoms with Gasteiger partial charge in [-0.25, -0.2) is 9.59 Å². The molecule has 2 saturated heterocycles. The van der Waals surface area contributed by atoms with Crippen molar-refractivity contribution in [1.29, 1.82) is 0 Å². The van der Waals surface area contributed by atoms with E-state index >= 15 is 0 Å². The van der Waals surface area contributed by atoms with Crippen LogP contribution in [0.5, 0.6) is 0 Å². The molecule has 2 heterocycles. The molecule has 0 radical (unpaired) electrons. The van der Waals surface area contributed by atoms with Crippen LogP contribution in [0, 0.1) is 0 Å². The van der Waals surface area contributed by atoms with Crippen molar-refractivity contribution in [2.24, 2.45) is 0 Å². The monoisotopic (exact) mass is 462 g/mol. The van der Waals surface area contributed by atoms with E-state index in [-0.39, 0.29) is 23.2 Å². The fourth-order valence-electron chi connectivity index (χ4n) is 4.85. The van der Waals surface area contributed by atoms with Gasteiger partial charge in [0.2, 0.25) is 0 Å². The second-order valence-corrected chi connectivity index (χ2v) is 11.0. The van der Waals surface area contributed by atoms with Crippen LogP contribution in [0.15, 0.2) is 30.3 Å². The average Bonchev–Trinajstić information content (AvgIpc) is 3.33. The van der Waals surface area contributed by atoms with Gasteiger partial charge < -0.3 is 15.5 Å². The van der Waals surface area contributed by atoms with Gasteiger partial charge in [0.1, 0.15) is 0 Å². The lowest BCUT2D eigenvalue weighted by atomic mass is 10.0. The first-order chi connectivity index (χ1) is 15.3. The van der Waals surface area contributed by atoms with Crippen LogP contribution in [-0.4, -0.2) is 86.4 Å². The van der Waals surface area contributed by atoms with E-state index in [1.54, 1.807) is 9.80 Å². The summed E-state index contributed by atoms with van der Waals surface area (Å²) in [5.74, 6) is 0. The highest BCUT2D eigenvalue weighted by Crippen LogP contribution is 2.25. The zero-order valence-corrected chi connectivity index (χ0v) is 21.0. The third-order valence-electron chi connectivity index (χ3n) is 6.12. The van der Waals surface area contributed by atoms with Crippen molar-refractivity contribution < 1.29 is 19.8 Å². The summed E-state index contributed by atoms with van der Waals surface area (Å²) in [7, 11) is 0. The Balaban J connectivity index is 0.000000257. The number of amides is 2. The number of carboxylic acid groups (broad SMARTS) is 2. The molecule has 2 atom stereocenters. The number of likely N-dealkylation sites (tertiary alicyclic amines) is 1. The van der Waals surface area contributed by atoms with Crippen LogP contribution in [0.2, 0.25) is 0 Å². The lowest BCUT2D eigenvalue weighted by Crippen LogP contribution is -2.52. The van der Waals surface area contributed by atoms with Gasteiger partial charge in [0.25, 0.3) is 0 Å². The van der Waals surface area contributed by atoms with Gasteiger partial charge in [-0.3, -0.25) is 14.7 Å². The highest BCUT2D eigenvalue weighted by atomic mass is 16.4. The molecule has 33 heavy (non-hydrogen) atoms. The standard InChI is InChI=1S/C16H24N2O2.C9H18N2O2/c1-16(2,3)18(15(19)20)14-9-10-17(12-14)11-13-7-5-4-6-8-13;1-9(2,3)11(8(12)13)7-4-5-10-6-7/h4-8,14H,9-12H2,1-3H3,(H,19,20);7,10H,4-6H2,1-3H3,(H,12,13). The van der Waals surface area contributed by atoms with Crippen LogP contribution < -0.4 is 5.32 Å². The molecule has 0 aromatic heterocycles. The Morgan fingerprint density at radius 3 is 1.94 bits per heavy atom. The molecule has 2 aliphatic heterocycles. The number of nitrogens with one attached hydrogen (secondary N) is 1. The molecule has 1 aromatic rings. The Morgan fingerprint density at radius 1 is 0.939 bits per heavy atom. The molecule has 8 heteroatoms. The molecule has 0 spiro atoms. The lowest BCUT2D eigenvalue weighted by Gasteiger charge is -2.38. The topological polar surface area (TPSA) is 96.4 Å². The Hall–Kier alpha value is -2.32. The highest BCUT2D eigenvalue weighted by molar-refractivity contribution is 5.67. The van der Waals surface area contributed by atoms with Crippen molar-refractivity contribution in [3.8, 4) is 0 Å². The lowest BCUT2D eigenvalue weighted by molar-refractivity contribution is 0.0716. The number of carbonyl (C=O) groups is 2. The van der Waals surface area contributed by atoms with Gasteiger partial charge in [-0.2, -0.15) is 0 Å². The van der Waals surface area contributed by atoms with Crippen molar-refractivity contribution in [1.82, 2.24) is 20.0 Å². The molecule has 2 aliphatic rings. The first-order valence-electron chi connectivity index (χ1n) is 11.8. The number of rotatable bonds is 4. The number of hydrogen-bond donors (Lipinski definition) is 3. The average molecular weight is 463 g/mol. The second-order valence-electron chi connectivity index (χ2n) is 11.0. The second kappa shape index (κ2) is 11.2. The third-order valence-corrected chi connectivity index (χ3v) is 6.12. The summed E-state index contributed by atoms with van der Waals surface area (Å²) in [6, 6.07) is 10.6. The minimum Gasteiger partial charge on any atom is -0.465 e. The van der Waals surface area contributed by atoms with Gasteiger partial charge in [-0.1, -0.05) is 30.3 Å². The van der Waals surface area contributed by atoms with Gasteiger partial charge in [0.05, 0.1) is 0 Å². The zero-order valence-electron chi connectivity index (χ0n) is 21.0. The van der Waals surface area contributed by atoms with Crippen LogP contribution in [0.3, 0.4) is 0 Å². The fraction of sp³-hybridized carbons (Fsp3) is 0.680. The van der Waals surface area contributed by atoms with Crippen molar-refractivity contribution in [3.05, 3.63) is 35.9 Å². The molecule has 8 nitrogen and oxygen atoms in total. The molecule has 2 amide bonds. The smallest absolute Gasteiger partial charge is 0.408 e. The van der Waals surface area contributed by atoms with Crippen LogP contribution in [0.4, 0.5) is 9.59 Å². The summed E-state index contributed by atoms with van der Waals surface area (Å²) in [6.07, 6.45) is 0.199. The molecule has 1 aromatic carbocycles. The molecule has 0 bridgehead atoms. The Morgan fingerprint density at radius 2 is 1.48 bits per heavy atom. The van der Waals surface area contributed by atoms with E-state index in [0.717, 1.165) is 45.6 Å². The maximum atomic E-state index is 11.5. The van der Waals surface area contributed by atoms with Gasteiger partial charge >= 0.3 is 12.2 Å². The van der Waals surface area contributed by atoms with Crippen LogP contribution in [0.1, 0.15) is 59.9 Å². The van der Waals surface area contributed by atoms with E-state index < -0.39 is 12.2 Å². The maximum Gasteiger partial charge on any atom is 0.408 e. The predicted octanol–water partition coefficient (Wildman–Crippen LogP) is 4.17. The predicted molar refractivity (Wildman–Crippen MR) is 131 cm³/mol. The van der Waals surface area contributed by atoms with Crippen molar-refractivity contribution in [3.63, 3.8) is 0 Å². The highest BCUT2D eigenvalue weighted by Gasteiger charge is 2.37. The summed E-state index contributed by atoms with van der Waals surface area (Å²) in [5.41, 5.74) is 0.632. The van der Waals surface area contributed by atoms with Crippen LogP contribution in [-0.2, 0) is 6.54 Å². The first-order valence-corrected chi connectivity index (χ1v) is 11.8. The third kappa shape index (κ3) is 7.89. The van der Waals surface area contributed by atoms with E-state index in [0.29, 0.717) is 0 Å². The van der Waals surface area contributed by atoms with Gasteiger partial charge in [0, 0.05) is 49.3 Å². The Kier molecular flexibility index (Phi) is 9.14. The van der Waals surface area contributed by atoms with E-state index in [9.17, 15) is 14.7 Å². The largest absolute Gasteiger partial charge is 0.465 e. The van der Waals surface area contributed by atoms with Crippen LogP contribution in [0.25, 0.3) is 0 Å². The van der Waals surface area contributed by atoms with E-state index in [4.69, 9.17) is 5.11 Å². The van der Waals surface area contributed by atoms with E-state index in [2.05, 4.69) is 22.3 Å². The summed E-state index contributed by atoms with van der Waals surface area (Å²) < 4.78 is 0. The minimum atomic E-state index is -0.818. The summed E-state index contributed by atoms with van der Waals surface area (Å²) in [5, 5.41) is 21.7.